The fourth-order valence-corrected chi connectivity index (χ4v) is 8.95. The van der Waals surface area contributed by atoms with E-state index in [0.29, 0.717) is 0 Å². The minimum Gasteiger partial charge on any atom is -0.308 e. The Morgan fingerprint density at radius 3 is 1.46 bits per heavy atom. The lowest BCUT2D eigenvalue weighted by Gasteiger charge is -2.19. The van der Waals surface area contributed by atoms with Crippen LogP contribution < -0.4 is 0 Å². The number of thiophene rings is 1. The largest absolute Gasteiger partial charge is 0.308 e. The van der Waals surface area contributed by atoms with Crippen LogP contribution in [-0.2, 0) is 0 Å². The van der Waals surface area contributed by atoms with Crippen molar-refractivity contribution >= 4 is 74.9 Å². The lowest BCUT2D eigenvalue weighted by Crippen LogP contribution is -1.96. The summed E-state index contributed by atoms with van der Waals surface area (Å²) in [7, 11) is 0. The van der Waals surface area contributed by atoms with Crippen LogP contribution >= 0.6 is 11.3 Å². The first-order chi connectivity index (χ1) is 22.9. The fourth-order valence-electron chi connectivity index (χ4n) is 7.72. The van der Waals surface area contributed by atoms with Crippen LogP contribution in [0.5, 0.6) is 0 Å². The van der Waals surface area contributed by atoms with Crippen molar-refractivity contribution in [3.05, 3.63) is 164 Å². The molecule has 1 nitrogen and oxygen atoms in total. The summed E-state index contributed by atoms with van der Waals surface area (Å²) in [5, 5.41) is 10.3. The quantitative estimate of drug-likeness (QED) is 0.178. The van der Waals surface area contributed by atoms with Gasteiger partial charge in [0.05, 0.1) is 21.4 Å². The molecule has 0 unspecified atom stereocenters. The van der Waals surface area contributed by atoms with Crippen LogP contribution in [0, 0.1) is 0 Å². The normalized spacial score (nSPS) is 11.9. The summed E-state index contributed by atoms with van der Waals surface area (Å²) >= 11 is 1.90. The van der Waals surface area contributed by atoms with E-state index in [1.54, 1.807) is 0 Å². The molecule has 0 aliphatic carbocycles. The standard InChI is InChI=1S/C44H27NS/c1-2-14-28(15-3-1)41-31-18-4-6-20-33(31)42(34-21-7-5-19-32(34)41)36-26-27-39(44-43(36)35-22-10-13-25-40(35)46-44)45-37-23-11-8-16-29(37)30-17-9-12-24-38(30)45/h1-27H. The van der Waals surface area contributed by atoms with Gasteiger partial charge in [-0.1, -0.05) is 140 Å². The number of para-hydroxylation sites is 2. The maximum Gasteiger partial charge on any atom is 0.0641 e. The van der Waals surface area contributed by atoms with Gasteiger partial charge in [0.2, 0.25) is 0 Å². The molecule has 2 heteroatoms. The van der Waals surface area contributed by atoms with E-state index in [0.717, 1.165) is 0 Å². The highest BCUT2D eigenvalue weighted by atomic mass is 32.1. The molecular formula is C44H27NS. The molecule has 10 aromatic rings. The molecule has 8 aromatic carbocycles. The number of aromatic nitrogens is 1. The summed E-state index contributed by atoms with van der Waals surface area (Å²) in [4.78, 5) is 0. The summed E-state index contributed by atoms with van der Waals surface area (Å²) in [5.74, 6) is 0. The predicted octanol–water partition coefficient (Wildman–Crippen LogP) is 12.8. The van der Waals surface area contributed by atoms with Gasteiger partial charge in [-0.25, -0.2) is 0 Å². The van der Waals surface area contributed by atoms with Crippen molar-refractivity contribution in [2.75, 3.05) is 0 Å². The van der Waals surface area contributed by atoms with Gasteiger partial charge in [-0.05, 0) is 68.1 Å². The van der Waals surface area contributed by atoms with Crippen LogP contribution in [-0.4, -0.2) is 4.57 Å². The van der Waals surface area contributed by atoms with E-state index in [1.807, 2.05) is 11.3 Å². The molecule has 0 saturated carbocycles. The molecule has 0 radical (unpaired) electrons. The van der Waals surface area contributed by atoms with Gasteiger partial charge in [0, 0.05) is 26.2 Å². The molecule has 0 N–H and O–H groups in total. The first-order valence-electron chi connectivity index (χ1n) is 15.8. The lowest BCUT2D eigenvalue weighted by molar-refractivity contribution is 1.20. The maximum atomic E-state index is 2.47. The van der Waals surface area contributed by atoms with Crippen LogP contribution in [0.1, 0.15) is 0 Å². The average molecular weight is 602 g/mol. The topological polar surface area (TPSA) is 4.93 Å². The molecule has 0 bridgehead atoms. The number of fused-ring (bicyclic) bond motifs is 8. The van der Waals surface area contributed by atoms with Gasteiger partial charge in [-0.3, -0.25) is 0 Å². The van der Waals surface area contributed by atoms with E-state index in [4.69, 9.17) is 0 Å². The average Bonchev–Trinajstić information content (AvgIpc) is 3.68. The summed E-state index contributed by atoms with van der Waals surface area (Å²) in [5.41, 5.74) is 8.82. The zero-order valence-corrected chi connectivity index (χ0v) is 25.8. The van der Waals surface area contributed by atoms with Crippen LogP contribution in [0.2, 0.25) is 0 Å². The molecule has 0 atom stereocenters. The van der Waals surface area contributed by atoms with Crippen LogP contribution in [0.25, 0.3) is 91.5 Å². The Balaban J connectivity index is 1.38. The zero-order valence-electron chi connectivity index (χ0n) is 24.9. The molecule has 0 aliphatic heterocycles. The van der Waals surface area contributed by atoms with Crippen molar-refractivity contribution in [1.29, 1.82) is 0 Å². The van der Waals surface area contributed by atoms with Crippen molar-refractivity contribution in [2.45, 2.75) is 0 Å². The third-order valence-corrected chi connectivity index (χ3v) is 10.8. The Bertz CT molecular complexity index is 2690. The molecule has 46 heavy (non-hydrogen) atoms. The highest BCUT2D eigenvalue weighted by molar-refractivity contribution is 7.26. The second kappa shape index (κ2) is 9.90. The molecule has 0 fully saturated rings. The highest BCUT2D eigenvalue weighted by Gasteiger charge is 2.22. The smallest absolute Gasteiger partial charge is 0.0641 e. The molecule has 0 saturated heterocycles. The van der Waals surface area contributed by atoms with Crippen LogP contribution in [0.15, 0.2) is 164 Å². The number of rotatable bonds is 3. The number of hydrogen-bond acceptors (Lipinski definition) is 1. The van der Waals surface area contributed by atoms with Crippen LogP contribution in [0.3, 0.4) is 0 Å². The summed E-state index contributed by atoms with van der Waals surface area (Å²) < 4.78 is 5.09. The Morgan fingerprint density at radius 1 is 0.370 bits per heavy atom. The van der Waals surface area contributed by atoms with Gasteiger partial charge < -0.3 is 4.57 Å². The molecule has 0 amide bonds. The Kier molecular flexibility index (Phi) is 5.51. The van der Waals surface area contributed by atoms with E-state index in [1.165, 1.54) is 91.5 Å². The van der Waals surface area contributed by atoms with Crippen molar-refractivity contribution in [3.8, 4) is 27.9 Å². The summed E-state index contributed by atoms with van der Waals surface area (Å²) in [6, 6.07) is 60.0. The fraction of sp³-hybridized carbons (Fsp3) is 0. The number of hydrogen-bond donors (Lipinski definition) is 0. The number of benzene rings is 8. The van der Waals surface area contributed by atoms with E-state index in [2.05, 4.69) is 168 Å². The van der Waals surface area contributed by atoms with E-state index in [9.17, 15) is 0 Å². The Morgan fingerprint density at radius 2 is 0.848 bits per heavy atom. The summed E-state index contributed by atoms with van der Waals surface area (Å²) in [6.07, 6.45) is 0. The zero-order chi connectivity index (χ0) is 30.2. The first-order valence-corrected chi connectivity index (χ1v) is 16.6. The molecule has 10 rings (SSSR count). The molecule has 0 aliphatic rings. The van der Waals surface area contributed by atoms with Crippen molar-refractivity contribution in [3.63, 3.8) is 0 Å². The lowest BCUT2D eigenvalue weighted by atomic mass is 9.85. The predicted molar refractivity (Wildman–Crippen MR) is 200 cm³/mol. The minimum absolute atomic E-state index is 1.23. The third-order valence-electron chi connectivity index (χ3n) is 9.59. The van der Waals surface area contributed by atoms with Gasteiger partial charge in [-0.2, -0.15) is 0 Å². The molecule has 2 heterocycles. The van der Waals surface area contributed by atoms with Crippen molar-refractivity contribution in [1.82, 2.24) is 4.57 Å². The maximum absolute atomic E-state index is 2.47. The van der Waals surface area contributed by atoms with E-state index in [-0.39, 0.29) is 0 Å². The van der Waals surface area contributed by atoms with Gasteiger partial charge in [0.15, 0.2) is 0 Å². The minimum atomic E-state index is 1.23. The van der Waals surface area contributed by atoms with Crippen molar-refractivity contribution in [2.24, 2.45) is 0 Å². The van der Waals surface area contributed by atoms with Gasteiger partial charge >= 0.3 is 0 Å². The SMILES string of the molecule is c1ccc(-c2c3ccccc3c(-c3ccc(-n4c5ccccc5c5ccccc54)c4sc5ccccc5c34)c3ccccc23)cc1. The molecular weight excluding hydrogens is 575 g/mol. The van der Waals surface area contributed by atoms with E-state index < -0.39 is 0 Å². The second-order valence-electron chi connectivity index (χ2n) is 12.0. The van der Waals surface area contributed by atoms with Gasteiger partial charge in [0.25, 0.3) is 0 Å². The van der Waals surface area contributed by atoms with Gasteiger partial charge in [-0.15, -0.1) is 11.3 Å². The molecule has 2 aromatic heterocycles. The number of nitrogens with zero attached hydrogens (tertiary/aromatic N) is 1. The highest BCUT2D eigenvalue weighted by Crippen LogP contribution is 2.49. The summed E-state index contributed by atoms with van der Waals surface area (Å²) in [6.45, 7) is 0. The second-order valence-corrected chi connectivity index (χ2v) is 13.1. The van der Waals surface area contributed by atoms with Crippen LogP contribution in [0.4, 0.5) is 0 Å². The van der Waals surface area contributed by atoms with Crippen molar-refractivity contribution < 1.29 is 0 Å². The third kappa shape index (κ3) is 3.56. The molecule has 214 valence electrons. The molecule has 0 spiro atoms. The Hall–Kier alpha value is -5.70. The Labute approximate surface area is 270 Å². The van der Waals surface area contributed by atoms with E-state index >= 15 is 0 Å². The van der Waals surface area contributed by atoms with Gasteiger partial charge in [0.1, 0.15) is 0 Å². The first kappa shape index (κ1) is 25.6. The monoisotopic (exact) mass is 601 g/mol.